The molecule has 1 aromatic carbocycles. The van der Waals surface area contributed by atoms with E-state index in [0.717, 1.165) is 24.4 Å². The lowest BCUT2D eigenvalue weighted by molar-refractivity contribution is 0.489. The van der Waals surface area contributed by atoms with Crippen LogP contribution in [0.15, 0.2) is 35.1 Å². The maximum Gasteiger partial charge on any atom is 0.137 e. The first-order valence-corrected chi connectivity index (χ1v) is 7.56. The topological polar surface area (TPSA) is 29.9 Å². The summed E-state index contributed by atoms with van der Waals surface area (Å²) in [6.45, 7) is 3.03. The molecule has 0 aliphatic rings. The minimum atomic E-state index is -0.225. The molecule has 0 saturated heterocycles. The second-order valence-corrected chi connectivity index (χ2v) is 5.61. The average molecular weight is 340 g/mol. The second-order valence-electron chi connectivity index (χ2n) is 4.82. The van der Waals surface area contributed by atoms with Crippen molar-refractivity contribution in [1.29, 1.82) is 0 Å². The number of hydrogen-bond acceptors (Lipinski definition) is 2. The molecule has 0 amide bonds. The lowest BCUT2D eigenvalue weighted by atomic mass is 10.0. The molecule has 20 heavy (non-hydrogen) atoms. The van der Waals surface area contributed by atoms with E-state index in [1.54, 1.807) is 12.3 Å². The van der Waals surface area contributed by atoms with Gasteiger partial charge in [0.05, 0.1) is 10.5 Å². The van der Waals surface area contributed by atoms with Crippen LogP contribution < -0.4 is 5.32 Å². The molecule has 5 heteroatoms. The third-order valence-electron chi connectivity index (χ3n) is 3.27. The predicted octanol–water partition coefficient (Wildman–Crippen LogP) is 3.61. The van der Waals surface area contributed by atoms with Crippen molar-refractivity contribution in [2.24, 2.45) is 7.05 Å². The van der Waals surface area contributed by atoms with E-state index in [1.807, 2.05) is 23.9 Å². The van der Waals surface area contributed by atoms with Crippen molar-refractivity contribution in [2.75, 3.05) is 6.54 Å². The standard InChI is InChI=1S/C15H19BrFN3/c1-3-7-18-13(15-19-8-9-20(15)2)10-11-5-4-6-12(17)14(11)16/h4-6,8-9,13,18H,3,7,10H2,1-2H3. The molecule has 2 aromatic rings. The number of nitrogens with zero attached hydrogens (tertiary/aromatic N) is 2. The van der Waals surface area contributed by atoms with Crippen molar-refractivity contribution in [3.8, 4) is 0 Å². The van der Waals surface area contributed by atoms with Gasteiger partial charge in [-0.25, -0.2) is 9.37 Å². The Morgan fingerprint density at radius 3 is 2.90 bits per heavy atom. The zero-order valence-corrected chi connectivity index (χ0v) is 13.3. The molecule has 1 aromatic heterocycles. The number of hydrogen-bond donors (Lipinski definition) is 1. The highest BCUT2D eigenvalue weighted by Gasteiger charge is 2.18. The molecule has 108 valence electrons. The van der Waals surface area contributed by atoms with Crippen molar-refractivity contribution in [1.82, 2.24) is 14.9 Å². The summed E-state index contributed by atoms with van der Waals surface area (Å²) < 4.78 is 16.2. The van der Waals surface area contributed by atoms with Crippen molar-refractivity contribution < 1.29 is 4.39 Å². The minimum Gasteiger partial charge on any atom is -0.337 e. The maximum atomic E-state index is 13.6. The molecule has 1 heterocycles. The first-order valence-electron chi connectivity index (χ1n) is 6.77. The maximum absolute atomic E-state index is 13.6. The lowest BCUT2D eigenvalue weighted by Crippen LogP contribution is -2.26. The van der Waals surface area contributed by atoms with Gasteiger partial charge in [-0.05, 0) is 46.9 Å². The summed E-state index contributed by atoms with van der Waals surface area (Å²) in [6, 6.07) is 5.22. The van der Waals surface area contributed by atoms with E-state index < -0.39 is 0 Å². The number of aromatic nitrogens is 2. The number of benzene rings is 1. The predicted molar refractivity (Wildman–Crippen MR) is 82.0 cm³/mol. The number of aryl methyl sites for hydroxylation is 1. The summed E-state index contributed by atoms with van der Waals surface area (Å²) >= 11 is 3.33. The average Bonchev–Trinajstić information content (AvgIpc) is 2.85. The molecular formula is C15H19BrFN3. The highest BCUT2D eigenvalue weighted by molar-refractivity contribution is 9.10. The van der Waals surface area contributed by atoms with Gasteiger partial charge in [-0.1, -0.05) is 19.1 Å². The van der Waals surface area contributed by atoms with Gasteiger partial charge in [0.2, 0.25) is 0 Å². The summed E-state index contributed by atoms with van der Waals surface area (Å²) in [5, 5.41) is 3.48. The van der Waals surface area contributed by atoms with Crippen LogP contribution >= 0.6 is 15.9 Å². The molecule has 1 unspecified atom stereocenters. The van der Waals surface area contributed by atoms with Crippen LogP contribution in [-0.2, 0) is 13.5 Å². The number of nitrogens with one attached hydrogen (secondary N) is 1. The summed E-state index contributed by atoms with van der Waals surface area (Å²) in [5.41, 5.74) is 0.946. The summed E-state index contributed by atoms with van der Waals surface area (Å²) in [4.78, 5) is 4.41. The van der Waals surface area contributed by atoms with Crippen LogP contribution in [0.3, 0.4) is 0 Å². The largest absolute Gasteiger partial charge is 0.337 e. The number of halogens is 2. The van der Waals surface area contributed by atoms with Gasteiger partial charge in [-0.2, -0.15) is 0 Å². The smallest absolute Gasteiger partial charge is 0.137 e. The zero-order valence-electron chi connectivity index (χ0n) is 11.7. The fourth-order valence-corrected chi connectivity index (χ4v) is 2.64. The Morgan fingerprint density at radius 2 is 2.25 bits per heavy atom. The molecule has 0 bridgehead atoms. The van der Waals surface area contributed by atoms with Gasteiger partial charge in [0, 0.05) is 19.4 Å². The molecule has 0 saturated carbocycles. The quantitative estimate of drug-likeness (QED) is 0.871. The van der Waals surface area contributed by atoms with E-state index in [0.29, 0.717) is 10.9 Å². The Morgan fingerprint density at radius 1 is 1.45 bits per heavy atom. The van der Waals surface area contributed by atoms with E-state index >= 15 is 0 Å². The minimum absolute atomic E-state index is 0.0769. The van der Waals surface area contributed by atoms with Crippen LogP contribution in [0.2, 0.25) is 0 Å². The van der Waals surface area contributed by atoms with Crippen LogP contribution in [0.5, 0.6) is 0 Å². The van der Waals surface area contributed by atoms with Gasteiger partial charge in [-0.3, -0.25) is 0 Å². The van der Waals surface area contributed by atoms with E-state index in [1.165, 1.54) is 6.07 Å². The Balaban J connectivity index is 2.24. The fourth-order valence-electron chi connectivity index (χ4n) is 2.21. The molecule has 2 rings (SSSR count). The molecule has 1 N–H and O–H groups in total. The second kappa shape index (κ2) is 6.99. The third-order valence-corrected chi connectivity index (χ3v) is 4.15. The van der Waals surface area contributed by atoms with Gasteiger partial charge >= 0.3 is 0 Å². The SMILES string of the molecule is CCCNC(Cc1cccc(F)c1Br)c1nccn1C. The Hall–Kier alpha value is -1.20. The highest BCUT2D eigenvalue weighted by atomic mass is 79.9. The number of rotatable bonds is 6. The molecule has 3 nitrogen and oxygen atoms in total. The zero-order chi connectivity index (χ0) is 14.5. The Kier molecular flexibility index (Phi) is 5.31. The van der Waals surface area contributed by atoms with Crippen molar-refractivity contribution in [3.63, 3.8) is 0 Å². The Labute approximate surface area is 127 Å². The first kappa shape index (κ1) is 15.2. The molecule has 0 aliphatic heterocycles. The molecule has 0 radical (unpaired) electrons. The fraction of sp³-hybridized carbons (Fsp3) is 0.400. The molecule has 0 fully saturated rings. The van der Waals surface area contributed by atoms with E-state index in [-0.39, 0.29) is 11.9 Å². The molecule has 0 aliphatic carbocycles. The highest BCUT2D eigenvalue weighted by Crippen LogP contribution is 2.25. The molecule has 0 spiro atoms. The van der Waals surface area contributed by atoms with Crippen LogP contribution in [-0.4, -0.2) is 16.1 Å². The summed E-state index contributed by atoms with van der Waals surface area (Å²) in [7, 11) is 1.98. The van der Waals surface area contributed by atoms with Crippen LogP contribution in [0.25, 0.3) is 0 Å². The molecular weight excluding hydrogens is 321 g/mol. The Bertz CT molecular complexity index is 568. The van der Waals surface area contributed by atoms with Gasteiger partial charge in [0.1, 0.15) is 11.6 Å². The molecule has 1 atom stereocenters. The van der Waals surface area contributed by atoms with Crippen molar-refractivity contribution >= 4 is 15.9 Å². The van der Waals surface area contributed by atoms with Crippen molar-refractivity contribution in [2.45, 2.75) is 25.8 Å². The van der Waals surface area contributed by atoms with Crippen LogP contribution in [0, 0.1) is 5.82 Å². The first-order chi connectivity index (χ1) is 9.63. The van der Waals surface area contributed by atoms with Crippen molar-refractivity contribution in [3.05, 3.63) is 52.3 Å². The third kappa shape index (κ3) is 3.46. The van der Waals surface area contributed by atoms with Gasteiger partial charge < -0.3 is 9.88 Å². The van der Waals surface area contributed by atoms with E-state index in [2.05, 4.69) is 33.2 Å². The van der Waals surface area contributed by atoms with Gasteiger partial charge in [0.15, 0.2) is 0 Å². The lowest BCUT2D eigenvalue weighted by Gasteiger charge is -2.19. The van der Waals surface area contributed by atoms with Crippen LogP contribution in [0.1, 0.15) is 30.8 Å². The summed E-state index contributed by atoms with van der Waals surface area (Å²) in [5.74, 6) is 0.742. The van der Waals surface area contributed by atoms with Gasteiger partial charge in [0.25, 0.3) is 0 Å². The van der Waals surface area contributed by atoms with Gasteiger partial charge in [-0.15, -0.1) is 0 Å². The monoisotopic (exact) mass is 339 g/mol. The van der Waals surface area contributed by atoms with E-state index in [4.69, 9.17) is 0 Å². The van der Waals surface area contributed by atoms with E-state index in [9.17, 15) is 4.39 Å². The summed E-state index contributed by atoms with van der Waals surface area (Å²) in [6.07, 6.45) is 5.46. The normalized spacial score (nSPS) is 12.6. The number of imidazole rings is 1. The van der Waals surface area contributed by atoms with Crippen LogP contribution in [0.4, 0.5) is 4.39 Å².